The van der Waals surface area contributed by atoms with Crippen LogP contribution in [0.1, 0.15) is 22.8 Å². The summed E-state index contributed by atoms with van der Waals surface area (Å²) in [5.74, 6) is -0.364. The number of nitrogens with one attached hydrogen (secondary N) is 1. The highest BCUT2D eigenvalue weighted by Crippen LogP contribution is 2.38. The maximum Gasteiger partial charge on any atom is 0.421 e. The van der Waals surface area contributed by atoms with Gasteiger partial charge in [0, 0.05) is 14.8 Å². The second kappa shape index (κ2) is 6.48. The lowest BCUT2D eigenvalue weighted by molar-refractivity contribution is -0.258. The summed E-state index contributed by atoms with van der Waals surface area (Å²) >= 11 is 2.11. The molecule has 122 valence electrons. The minimum Gasteiger partial charge on any atom is -0.376 e. The van der Waals surface area contributed by atoms with Crippen LogP contribution in [-0.4, -0.2) is 17.2 Å². The molecular weight excluding hydrogens is 422 g/mol. The highest BCUT2D eigenvalue weighted by atomic mass is 127. The summed E-state index contributed by atoms with van der Waals surface area (Å²) in [5, 5.41) is 12.2. The number of hydrogen-bond donors (Lipinski definition) is 2. The molecule has 0 aliphatic carbocycles. The number of rotatable bonds is 3. The van der Waals surface area contributed by atoms with Crippen molar-refractivity contribution in [1.82, 2.24) is 0 Å². The first-order chi connectivity index (χ1) is 10.6. The summed E-state index contributed by atoms with van der Waals surface area (Å²) in [7, 11) is 0. The quantitative estimate of drug-likeness (QED) is 0.707. The molecule has 1 atom stereocenters. The van der Waals surface area contributed by atoms with Gasteiger partial charge in [0.05, 0.1) is 0 Å². The van der Waals surface area contributed by atoms with Gasteiger partial charge < -0.3 is 10.4 Å². The number of carbonyl (C=O) groups excluding carboxylic acids is 1. The summed E-state index contributed by atoms with van der Waals surface area (Å²) in [6.45, 7) is 0.687. The average molecular weight is 435 g/mol. The van der Waals surface area contributed by atoms with E-state index in [1.807, 2.05) is 0 Å². The van der Waals surface area contributed by atoms with Crippen molar-refractivity contribution in [3.05, 3.63) is 63.2 Å². The summed E-state index contributed by atoms with van der Waals surface area (Å²) in [6.07, 6.45) is -4.78. The van der Waals surface area contributed by atoms with Gasteiger partial charge in [-0.25, -0.2) is 0 Å². The molecule has 3 nitrogen and oxygen atoms in total. The molecule has 0 bridgehead atoms. The third kappa shape index (κ3) is 4.03. The van der Waals surface area contributed by atoms with Crippen molar-refractivity contribution in [3.63, 3.8) is 0 Å². The Hall–Kier alpha value is -1.61. The lowest BCUT2D eigenvalue weighted by atomic mass is 9.95. The van der Waals surface area contributed by atoms with Gasteiger partial charge in [-0.1, -0.05) is 12.1 Å². The fraction of sp³-hybridized carbons (Fsp3) is 0.188. The van der Waals surface area contributed by atoms with Gasteiger partial charge in [-0.2, -0.15) is 13.2 Å². The van der Waals surface area contributed by atoms with Gasteiger partial charge in [0.2, 0.25) is 0 Å². The number of aliphatic hydroxyl groups is 1. The molecule has 2 aromatic rings. The van der Waals surface area contributed by atoms with Gasteiger partial charge in [-0.3, -0.25) is 4.79 Å². The van der Waals surface area contributed by atoms with Gasteiger partial charge in [0.1, 0.15) is 0 Å². The highest BCUT2D eigenvalue weighted by molar-refractivity contribution is 14.1. The second-order valence-corrected chi connectivity index (χ2v) is 6.35. The van der Waals surface area contributed by atoms with Crippen LogP contribution in [-0.2, 0) is 5.60 Å². The first-order valence-corrected chi connectivity index (χ1v) is 7.66. The summed E-state index contributed by atoms with van der Waals surface area (Å²) in [5.41, 5.74) is -2.45. The maximum atomic E-state index is 12.8. The minimum absolute atomic E-state index is 0.294. The van der Waals surface area contributed by atoms with Gasteiger partial charge >= 0.3 is 6.18 Å². The first-order valence-electron chi connectivity index (χ1n) is 6.58. The lowest BCUT2D eigenvalue weighted by Gasteiger charge is -2.26. The van der Waals surface area contributed by atoms with Gasteiger partial charge in [-0.15, -0.1) is 0 Å². The number of alkyl halides is 3. The van der Waals surface area contributed by atoms with E-state index in [4.69, 9.17) is 0 Å². The van der Waals surface area contributed by atoms with Crippen molar-refractivity contribution < 1.29 is 23.1 Å². The molecule has 2 rings (SSSR count). The third-order valence-electron chi connectivity index (χ3n) is 3.36. The molecule has 2 N–H and O–H groups in total. The topological polar surface area (TPSA) is 49.3 Å². The maximum absolute atomic E-state index is 12.8. The van der Waals surface area contributed by atoms with Crippen LogP contribution in [0.3, 0.4) is 0 Å². The first kappa shape index (κ1) is 17.7. The van der Waals surface area contributed by atoms with Crippen molar-refractivity contribution in [2.75, 3.05) is 5.32 Å². The predicted molar refractivity (Wildman–Crippen MR) is 89.2 cm³/mol. The summed E-state index contributed by atoms with van der Waals surface area (Å²) < 4.78 is 39.3. The van der Waals surface area contributed by atoms with Crippen LogP contribution in [0.4, 0.5) is 18.9 Å². The molecule has 7 heteroatoms. The zero-order valence-electron chi connectivity index (χ0n) is 12.0. The Morgan fingerprint density at radius 3 is 2.04 bits per heavy atom. The van der Waals surface area contributed by atoms with E-state index in [1.54, 1.807) is 24.3 Å². The number of hydrogen-bond acceptors (Lipinski definition) is 2. The van der Waals surface area contributed by atoms with Crippen LogP contribution < -0.4 is 5.32 Å². The SMILES string of the molecule is CC(O)(c1ccc(NC(=O)c2ccc(I)cc2)cc1)C(F)(F)F. The molecule has 0 aromatic heterocycles. The van der Waals surface area contributed by atoms with E-state index in [2.05, 4.69) is 27.9 Å². The number of amides is 1. The molecule has 2 aromatic carbocycles. The predicted octanol–water partition coefficient (Wildman–Crippen LogP) is 4.31. The molecule has 1 amide bonds. The monoisotopic (exact) mass is 435 g/mol. The Labute approximate surface area is 144 Å². The third-order valence-corrected chi connectivity index (χ3v) is 4.08. The molecule has 23 heavy (non-hydrogen) atoms. The van der Waals surface area contributed by atoms with E-state index in [9.17, 15) is 23.1 Å². The molecule has 0 aliphatic rings. The van der Waals surface area contributed by atoms with E-state index in [0.29, 0.717) is 18.2 Å². The van der Waals surface area contributed by atoms with Gasteiger partial charge in [-0.05, 0) is 71.5 Å². The van der Waals surface area contributed by atoms with Gasteiger partial charge in [0.25, 0.3) is 5.91 Å². The van der Waals surface area contributed by atoms with E-state index >= 15 is 0 Å². The van der Waals surface area contributed by atoms with E-state index in [0.717, 1.165) is 15.7 Å². The van der Waals surface area contributed by atoms with E-state index in [-0.39, 0.29) is 11.5 Å². The van der Waals surface area contributed by atoms with Crippen LogP contribution in [0, 0.1) is 3.57 Å². The number of benzene rings is 2. The summed E-state index contributed by atoms with van der Waals surface area (Å²) in [6, 6.07) is 11.8. The van der Waals surface area contributed by atoms with Crippen molar-refractivity contribution in [3.8, 4) is 0 Å². The Morgan fingerprint density at radius 2 is 1.57 bits per heavy atom. The fourth-order valence-corrected chi connectivity index (χ4v) is 2.21. The second-order valence-electron chi connectivity index (χ2n) is 5.11. The van der Waals surface area contributed by atoms with Crippen LogP contribution in [0.15, 0.2) is 48.5 Å². The molecule has 0 aliphatic heterocycles. The van der Waals surface area contributed by atoms with Crippen LogP contribution >= 0.6 is 22.6 Å². The highest BCUT2D eigenvalue weighted by Gasteiger charge is 2.51. The Kier molecular flexibility index (Phi) is 5.00. The number of anilines is 1. The molecular formula is C16H13F3INO2. The van der Waals surface area contributed by atoms with Crippen LogP contribution in [0.25, 0.3) is 0 Å². The van der Waals surface area contributed by atoms with Crippen LogP contribution in [0.5, 0.6) is 0 Å². The lowest BCUT2D eigenvalue weighted by Crippen LogP contribution is -2.39. The van der Waals surface area contributed by atoms with E-state index < -0.39 is 11.8 Å². The van der Waals surface area contributed by atoms with Crippen LogP contribution in [0.2, 0.25) is 0 Å². The molecule has 0 saturated carbocycles. The van der Waals surface area contributed by atoms with Gasteiger partial charge in [0.15, 0.2) is 5.60 Å². The summed E-state index contributed by atoms with van der Waals surface area (Å²) in [4.78, 5) is 12.0. The average Bonchev–Trinajstić information content (AvgIpc) is 2.47. The number of halogens is 4. The Balaban J connectivity index is 2.14. The van der Waals surface area contributed by atoms with E-state index in [1.165, 1.54) is 12.1 Å². The zero-order chi connectivity index (χ0) is 17.3. The number of carbonyl (C=O) groups is 1. The largest absolute Gasteiger partial charge is 0.421 e. The fourth-order valence-electron chi connectivity index (χ4n) is 1.85. The standard InChI is InChI=1S/C16H13F3INO2/c1-15(23,16(17,18)19)11-4-8-13(9-5-11)21-14(22)10-2-6-12(20)7-3-10/h2-9,23H,1H3,(H,21,22). The smallest absolute Gasteiger partial charge is 0.376 e. The normalized spacial score (nSPS) is 14.2. The zero-order valence-corrected chi connectivity index (χ0v) is 14.1. The molecule has 0 fully saturated rings. The molecule has 0 radical (unpaired) electrons. The van der Waals surface area contributed by atoms with Crippen molar-refractivity contribution in [2.45, 2.75) is 18.7 Å². The van der Waals surface area contributed by atoms with Crippen molar-refractivity contribution >= 4 is 34.2 Å². The Morgan fingerprint density at radius 1 is 1.04 bits per heavy atom. The minimum atomic E-state index is -4.78. The molecule has 0 heterocycles. The van der Waals surface area contributed by atoms with Crippen molar-refractivity contribution in [1.29, 1.82) is 0 Å². The molecule has 1 unspecified atom stereocenters. The molecule has 0 saturated heterocycles. The Bertz CT molecular complexity index is 695. The molecule has 0 spiro atoms. The van der Waals surface area contributed by atoms with Crippen molar-refractivity contribution in [2.24, 2.45) is 0 Å².